The Morgan fingerprint density at radius 3 is 2.42 bits per heavy atom. The molecule has 1 rings (SSSR count). The summed E-state index contributed by atoms with van der Waals surface area (Å²) in [6.45, 7) is 0.426. The summed E-state index contributed by atoms with van der Waals surface area (Å²) >= 11 is 0. The minimum Gasteiger partial charge on any atom is -0.480 e. The van der Waals surface area contributed by atoms with E-state index in [1.54, 1.807) is 0 Å². The largest absolute Gasteiger partial charge is 0.480 e. The number of rotatable bonds is 1. The Morgan fingerprint density at radius 2 is 2.00 bits per heavy atom. The highest BCUT2D eigenvalue weighted by atomic mass is 35.5. The van der Waals surface area contributed by atoms with Crippen molar-refractivity contribution in [2.45, 2.75) is 24.7 Å². The fraction of sp³-hybridized carbons (Fsp3) is 0.833. The molecule has 1 aliphatic rings. The average Bonchev–Trinajstić information content (AvgIpc) is 1.94. The summed E-state index contributed by atoms with van der Waals surface area (Å²) in [6, 6.07) is -1.03. The van der Waals surface area contributed by atoms with Crippen molar-refractivity contribution >= 4 is 18.4 Å². The highest BCUT2D eigenvalue weighted by Gasteiger charge is 2.34. The van der Waals surface area contributed by atoms with Crippen molar-refractivity contribution in [2.75, 3.05) is 6.54 Å². The first-order valence-corrected chi connectivity index (χ1v) is 3.45. The van der Waals surface area contributed by atoms with E-state index in [0.717, 1.165) is 0 Å². The molecule has 0 aliphatic carbocycles. The number of aliphatic carboxylic acids is 1. The second-order valence-electron chi connectivity index (χ2n) is 2.62. The molecule has 0 aromatic rings. The highest BCUT2D eigenvalue weighted by Crippen LogP contribution is 2.09. The van der Waals surface area contributed by atoms with Crippen LogP contribution in [0, 0.1) is 0 Å². The molecule has 6 heteroatoms. The van der Waals surface area contributed by atoms with Crippen LogP contribution in [0.4, 0.5) is 0 Å². The highest BCUT2D eigenvalue weighted by molar-refractivity contribution is 5.85. The Hall–Kier alpha value is -0.360. The summed E-state index contributed by atoms with van der Waals surface area (Å²) in [7, 11) is 0. The molecular formula is C6H12ClNO4. The molecule has 4 N–H and O–H groups in total. The van der Waals surface area contributed by atoms with Gasteiger partial charge in [0.05, 0.1) is 6.10 Å². The predicted molar refractivity (Wildman–Crippen MR) is 43.3 cm³/mol. The van der Waals surface area contributed by atoms with Gasteiger partial charge in [-0.25, -0.2) is 0 Å². The molecule has 1 heterocycles. The van der Waals surface area contributed by atoms with Gasteiger partial charge >= 0.3 is 5.97 Å². The van der Waals surface area contributed by atoms with E-state index < -0.39 is 24.2 Å². The van der Waals surface area contributed by atoms with Crippen molar-refractivity contribution in [1.82, 2.24) is 5.32 Å². The molecule has 0 amide bonds. The lowest BCUT2D eigenvalue weighted by Crippen LogP contribution is -2.56. The van der Waals surface area contributed by atoms with Crippen molar-refractivity contribution < 1.29 is 20.1 Å². The third-order valence-electron chi connectivity index (χ3n) is 1.81. The Kier molecular flexibility index (Phi) is 4.47. The van der Waals surface area contributed by atoms with Crippen LogP contribution in [0.3, 0.4) is 0 Å². The number of piperidine rings is 1. The maximum atomic E-state index is 10.4. The summed E-state index contributed by atoms with van der Waals surface area (Å²) in [5.74, 6) is -1.13. The maximum absolute atomic E-state index is 10.4. The Morgan fingerprint density at radius 1 is 1.42 bits per heavy atom. The first kappa shape index (κ1) is 11.6. The van der Waals surface area contributed by atoms with Crippen LogP contribution in [0.1, 0.15) is 6.42 Å². The van der Waals surface area contributed by atoms with E-state index in [-0.39, 0.29) is 12.4 Å². The van der Waals surface area contributed by atoms with Crippen LogP contribution in [-0.4, -0.2) is 46.1 Å². The molecular weight excluding hydrogens is 186 g/mol. The molecule has 0 aromatic heterocycles. The van der Waals surface area contributed by atoms with Crippen molar-refractivity contribution in [1.29, 1.82) is 0 Å². The van der Waals surface area contributed by atoms with Gasteiger partial charge in [-0.1, -0.05) is 0 Å². The van der Waals surface area contributed by atoms with Gasteiger partial charge in [0.15, 0.2) is 0 Å². The van der Waals surface area contributed by atoms with Gasteiger partial charge in [-0.3, -0.25) is 4.79 Å². The standard InChI is InChI=1S/C6H11NO4.ClH/c8-3-1-2-7-4(5(3)9)6(10)11;/h3-5,7-9H,1-2H2,(H,10,11);1H/t3-,4+,5-;/m0./s1. The summed E-state index contributed by atoms with van der Waals surface area (Å²) in [4.78, 5) is 10.4. The molecule has 3 atom stereocenters. The number of hydrogen-bond donors (Lipinski definition) is 4. The monoisotopic (exact) mass is 197 g/mol. The van der Waals surface area contributed by atoms with Crippen LogP contribution in [-0.2, 0) is 4.79 Å². The lowest BCUT2D eigenvalue weighted by molar-refractivity contribution is -0.147. The van der Waals surface area contributed by atoms with E-state index in [1.807, 2.05) is 0 Å². The van der Waals surface area contributed by atoms with Crippen LogP contribution in [0.2, 0.25) is 0 Å². The van der Waals surface area contributed by atoms with E-state index >= 15 is 0 Å². The molecule has 1 fully saturated rings. The molecule has 0 radical (unpaired) electrons. The molecule has 5 nitrogen and oxygen atoms in total. The van der Waals surface area contributed by atoms with Crippen molar-refractivity contribution in [3.8, 4) is 0 Å². The second kappa shape index (κ2) is 4.61. The van der Waals surface area contributed by atoms with E-state index in [0.29, 0.717) is 13.0 Å². The fourth-order valence-electron chi connectivity index (χ4n) is 1.13. The summed E-state index contributed by atoms with van der Waals surface area (Å²) in [6.07, 6.45) is -1.72. The minimum atomic E-state index is -1.19. The lowest BCUT2D eigenvalue weighted by Gasteiger charge is -2.29. The summed E-state index contributed by atoms with van der Waals surface area (Å²) in [5, 5.41) is 29.2. The Labute approximate surface area is 75.8 Å². The van der Waals surface area contributed by atoms with E-state index in [4.69, 9.17) is 15.3 Å². The van der Waals surface area contributed by atoms with E-state index in [9.17, 15) is 4.79 Å². The van der Waals surface area contributed by atoms with E-state index in [1.165, 1.54) is 0 Å². The van der Waals surface area contributed by atoms with Gasteiger partial charge in [-0.05, 0) is 13.0 Å². The number of aliphatic hydroxyl groups excluding tert-OH is 2. The second-order valence-corrected chi connectivity index (χ2v) is 2.62. The summed E-state index contributed by atoms with van der Waals surface area (Å²) in [5.41, 5.74) is 0. The number of halogens is 1. The van der Waals surface area contributed by atoms with Crippen LogP contribution in [0.25, 0.3) is 0 Å². The van der Waals surface area contributed by atoms with Gasteiger partial charge in [0.1, 0.15) is 12.1 Å². The number of carboxylic acids is 1. The van der Waals surface area contributed by atoms with Crippen molar-refractivity contribution in [3.63, 3.8) is 0 Å². The molecule has 0 spiro atoms. The molecule has 0 saturated carbocycles. The quantitative estimate of drug-likeness (QED) is 0.414. The number of carbonyl (C=O) groups is 1. The Bertz CT molecular complexity index is 166. The van der Waals surface area contributed by atoms with Gasteiger partial charge in [0, 0.05) is 0 Å². The zero-order chi connectivity index (χ0) is 8.43. The van der Waals surface area contributed by atoms with Gasteiger partial charge in [-0.15, -0.1) is 12.4 Å². The van der Waals surface area contributed by atoms with E-state index in [2.05, 4.69) is 5.32 Å². The molecule has 1 saturated heterocycles. The molecule has 12 heavy (non-hydrogen) atoms. The van der Waals surface area contributed by atoms with Gasteiger partial charge in [-0.2, -0.15) is 0 Å². The first-order valence-electron chi connectivity index (χ1n) is 3.45. The maximum Gasteiger partial charge on any atom is 0.323 e. The molecule has 0 bridgehead atoms. The predicted octanol–water partition coefficient (Wildman–Crippen LogP) is -1.42. The molecule has 72 valence electrons. The topological polar surface area (TPSA) is 89.8 Å². The summed E-state index contributed by atoms with van der Waals surface area (Å²) < 4.78 is 0. The zero-order valence-corrected chi connectivity index (χ0v) is 7.12. The van der Waals surface area contributed by atoms with Gasteiger partial charge in [0.25, 0.3) is 0 Å². The normalized spacial score (nSPS) is 35.3. The smallest absolute Gasteiger partial charge is 0.323 e. The van der Waals surface area contributed by atoms with Crippen LogP contribution in [0.15, 0.2) is 0 Å². The number of hydrogen-bond acceptors (Lipinski definition) is 4. The molecule has 1 aliphatic heterocycles. The van der Waals surface area contributed by atoms with Gasteiger partial charge < -0.3 is 20.6 Å². The van der Waals surface area contributed by atoms with Crippen molar-refractivity contribution in [3.05, 3.63) is 0 Å². The van der Waals surface area contributed by atoms with Crippen LogP contribution < -0.4 is 5.32 Å². The molecule has 0 aromatic carbocycles. The molecule has 0 unspecified atom stereocenters. The first-order chi connectivity index (χ1) is 5.13. The minimum absolute atomic E-state index is 0. The third-order valence-corrected chi connectivity index (χ3v) is 1.81. The van der Waals surface area contributed by atoms with Crippen LogP contribution in [0.5, 0.6) is 0 Å². The fourth-order valence-corrected chi connectivity index (χ4v) is 1.13. The zero-order valence-electron chi connectivity index (χ0n) is 6.30. The SMILES string of the molecule is Cl.O=C(O)[C@@H]1NCC[C@H](O)[C@@H]1O. The van der Waals surface area contributed by atoms with Crippen LogP contribution >= 0.6 is 12.4 Å². The number of carboxylic acid groups (broad SMARTS) is 1. The van der Waals surface area contributed by atoms with Crippen molar-refractivity contribution in [2.24, 2.45) is 0 Å². The lowest BCUT2D eigenvalue weighted by atomic mass is 9.99. The third kappa shape index (κ3) is 2.31. The average molecular weight is 198 g/mol. The number of nitrogens with one attached hydrogen (secondary N) is 1. The van der Waals surface area contributed by atoms with Gasteiger partial charge in [0.2, 0.25) is 0 Å². The Balaban J connectivity index is 0.00000121. The number of aliphatic hydroxyl groups is 2.